The first kappa shape index (κ1) is 18.4. The SMILES string of the molecule is O=C(COc1ccc2ccc(=O)oc2c1)N1N=C(c2ccco2)C[C@@H]1c1cccs1. The minimum atomic E-state index is -0.439. The second kappa shape index (κ2) is 7.64. The summed E-state index contributed by atoms with van der Waals surface area (Å²) in [7, 11) is 0. The Balaban J connectivity index is 1.36. The summed E-state index contributed by atoms with van der Waals surface area (Å²) in [5.41, 5.74) is 0.689. The molecule has 0 N–H and O–H groups in total. The Kier molecular flexibility index (Phi) is 4.68. The second-order valence-electron chi connectivity index (χ2n) is 6.74. The Morgan fingerprint density at radius 3 is 2.90 bits per heavy atom. The van der Waals surface area contributed by atoms with Gasteiger partial charge in [-0.15, -0.1) is 11.3 Å². The summed E-state index contributed by atoms with van der Waals surface area (Å²) in [6, 6.07) is 15.5. The van der Waals surface area contributed by atoms with Crippen molar-refractivity contribution in [1.82, 2.24) is 5.01 Å². The lowest BCUT2D eigenvalue weighted by molar-refractivity contribution is -0.135. The van der Waals surface area contributed by atoms with Crippen LogP contribution in [0.1, 0.15) is 23.1 Å². The lowest BCUT2D eigenvalue weighted by Gasteiger charge is -2.20. The van der Waals surface area contributed by atoms with Crippen molar-refractivity contribution in [2.75, 3.05) is 6.61 Å². The van der Waals surface area contributed by atoms with Gasteiger partial charge in [-0.1, -0.05) is 6.07 Å². The fourth-order valence-electron chi connectivity index (χ4n) is 3.38. The molecule has 7 nitrogen and oxygen atoms in total. The van der Waals surface area contributed by atoms with Crippen molar-refractivity contribution >= 4 is 33.9 Å². The zero-order chi connectivity index (χ0) is 20.5. The van der Waals surface area contributed by atoms with Crippen LogP contribution in [0.3, 0.4) is 0 Å². The number of benzene rings is 1. The third kappa shape index (κ3) is 3.53. The topological polar surface area (TPSA) is 85.3 Å². The summed E-state index contributed by atoms with van der Waals surface area (Å²) in [5, 5.41) is 8.73. The van der Waals surface area contributed by atoms with Gasteiger partial charge in [0.2, 0.25) is 0 Å². The van der Waals surface area contributed by atoms with Gasteiger partial charge in [0.25, 0.3) is 5.91 Å². The third-order valence-electron chi connectivity index (χ3n) is 4.80. The van der Waals surface area contributed by atoms with Crippen molar-refractivity contribution in [2.24, 2.45) is 5.10 Å². The van der Waals surface area contributed by atoms with Gasteiger partial charge in [0.1, 0.15) is 22.8 Å². The number of hydrogen-bond donors (Lipinski definition) is 0. The highest BCUT2D eigenvalue weighted by Crippen LogP contribution is 2.35. The van der Waals surface area contributed by atoms with E-state index in [0.717, 1.165) is 16.0 Å². The molecule has 4 heterocycles. The van der Waals surface area contributed by atoms with Gasteiger partial charge in [-0.25, -0.2) is 9.80 Å². The van der Waals surface area contributed by atoms with Crippen LogP contribution in [-0.4, -0.2) is 23.2 Å². The van der Waals surface area contributed by atoms with Crippen molar-refractivity contribution in [3.8, 4) is 5.75 Å². The first-order valence-corrected chi connectivity index (χ1v) is 10.2. The van der Waals surface area contributed by atoms with Crippen LogP contribution in [0.5, 0.6) is 5.75 Å². The highest BCUT2D eigenvalue weighted by atomic mass is 32.1. The van der Waals surface area contributed by atoms with Gasteiger partial charge in [0.05, 0.1) is 12.3 Å². The van der Waals surface area contributed by atoms with E-state index in [2.05, 4.69) is 5.10 Å². The molecule has 30 heavy (non-hydrogen) atoms. The predicted octanol–water partition coefficient (Wildman–Crippen LogP) is 4.20. The van der Waals surface area contributed by atoms with E-state index in [9.17, 15) is 9.59 Å². The highest BCUT2D eigenvalue weighted by Gasteiger charge is 2.34. The first-order chi connectivity index (χ1) is 14.7. The Bertz CT molecular complexity index is 1270. The molecule has 0 bridgehead atoms. The minimum Gasteiger partial charge on any atom is -0.484 e. The number of carbonyl (C=O) groups is 1. The molecular weight excluding hydrogens is 404 g/mol. The summed E-state index contributed by atoms with van der Waals surface area (Å²) < 4.78 is 16.3. The van der Waals surface area contributed by atoms with E-state index in [1.165, 1.54) is 11.1 Å². The molecule has 0 fully saturated rings. The summed E-state index contributed by atoms with van der Waals surface area (Å²) in [6.07, 6.45) is 2.16. The number of rotatable bonds is 5. The van der Waals surface area contributed by atoms with Crippen LogP contribution in [0.15, 0.2) is 85.0 Å². The van der Waals surface area contributed by atoms with Gasteiger partial charge in [0, 0.05) is 28.8 Å². The minimum absolute atomic E-state index is 0.195. The number of hydrogen-bond acceptors (Lipinski definition) is 7. The van der Waals surface area contributed by atoms with Crippen molar-refractivity contribution in [3.63, 3.8) is 0 Å². The van der Waals surface area contributed by atoms with Gasteiger partial charge in [0.15, 0.2) is 6.61 Å². The van der Waals surface area contributed by atoms with E-state index in [-0.39, 0.29) is 18.6 Å². The Morgan fingerprint density at radius 2 is 2.10 bits per heavy atom. The molecule has 0 aliphatic carbocycles. The lowest BCUT2D eigenvalue weighted by atomic mass is 10.1. The van der Waals surface area contributed by atoms with E-state index < -0.39 is 5.63 Å². The van der Waals surface area contributed by atoms with Crippen molar-refractivity contribution in [3.05, 3.63) is 87.3 Å². The van der Waals surface area contributed by atoms with E-state index in [0.29, 0.717) is 23.5 Å². The standard InChI is InChI=1S/C22H16N2O5S/c25-21(13-28-15-7-5-14-6-8-22(26)29-19(14)11-15)24-17(20-4-2-10-30-20)12-16(23-24)18-3-1-9-27-18/h1-11,17H,12-13H2/t17-/m1/s1. The number of furan rings is 1. The zero-order valence-corrected chi connectivity index (χ0v) is 16.5. The van der Waals surface area contributed by atoms with Gasteiger partial charge in [-0.3, -0.25) is 4.79 Å². The zero-order valence-electron chi connectivity index (χ0n) is 15.7. The molecule has 150 valence electrons. The van der Waals surface area contributed by atoms with Crippen LogP contribution in [0.2, 0.25) is 0 Å². The maximum atomic E-state index is 13.0. The Morgan fingerprint density at radius 1 is 1.20 bits per heavy atom. The molecule has 1 aliphatic rings. The molecule has 0 saturated heterocycles. The van der Waals surface area contributed by atoms with Crippen LogP contribution >= 0.6 is 11.3 Å². The van der Waals surface area contributed by atoms with Crippen LogP contribution in [0.25, 0.3) is 11.0 Å². The van der Waals surface area contributed by atoms with Crippen molar-refractivity contribution in [1.29, 1.82) is 0 Å². The summed E-state index contributed by atoms with van der Waals surface area (Å²) in [6.45, 7) is -0.195. The molecule has 0 saturated carbocycles. The van der Waals surface area contributed by atoms with Crippen LogP contribution in [-0.2, 0) is 4.79 Å². The number of nitrogens with zero attached hydrogens (tertiary/aromatic N) is 2. The van der Waals surface area contributed by atoms with Gasteiger partial charge < -0.3 is 13.6 Å². The molecule has 1 atom stereocenters. The van der Waals surface area contributed by atoms with E-state index in [1.54, 1.807) is 47.9 Å². The van der Waals surface area contributed by atoms with E-state index in [4.69, 9.17) is 13.6 Å². The van der Waals surface area contributed by atoms with Crippen molar-refractivity contribution in [2.45, 2.75) is 12.5 Å². The van der Waals surface area contributed by atoms with Crippen LogP contribution in [0.4, 0.5) is 0 Å². The average molecular weight is 420 g/mol. The normalized spacial score (nSPS) is 16.1. The molecule has 5 rings (SSSR count). The Hall–Kier alpha value is -3.65. The van der Waals surface area contributed by atoms with E-state index in [1.807, 2.05) is 23.6 Å². The molecule has 4 aromatic rings. The van der Waals surface area contributed by atoms with Gasteiger partial charge in [-0.05, 0) is 41.8 Å². The summed E-state index contributed by atoms with van der Waals surface area (Å²) in [5.74, 6) is 0.814. The van der Waals surface area contributed by atoms with Gasteiger partial charge in [-0.2, -0.15) is 5.10 Å². The van der Waals surface area contributed by atoms with Gasteiger partial charge >= 0.3 is 5.63 Å². The molecule has 1 aromatic carbocycles. The largest absolute Gasteiger partial charge is 0.484 e. The molecule has 8 heteroatoms. The molecule has 1 amide bonds. The number of carbonyl (C=O) groups excluding carboxylic acids is 1. The molecule has 3 aromatic heterocycles. The number of hydrazone groups is 1. The van der Waals surface area contributed by atoms with E-state index >= 15 is 0 Å². The maximum Gasteiger partial charge on any atom is 0.336 e. The quantitative estimate of drug-likeness (QED) is 0.452. The summed E-state index contributed by atoms with van der Waals surface area (Å²) >= 11 is 1.58. The monoisotopic (exact) mass is 420 g/mol. The van der Waals surface area contributed by atoms with Crippen LogP contribution < -0.4 is 10.4 Å². The summed E-state index contributed by atoms with van der Waals surface area (Å²) in [4.78, 5) is 25.4. The number of ether oxygens (including phenoxy) is 1. The fraction of sp³-hybridized carbons (Fsp3) is 0.136. The second-order valence-corrected chi connectivity index (χ2v) is 7.72. The van der Waals surface area contributed by atoms with Crippen LogP contribution in [0, 0.1) is 0 Å². The Labute approximate surface area is 174 Å². The first-order valence-electron chi connectivity index (χ1n) is 9.31. The van der Waals surface area contributed by atoms with Crippen molar-refractivity contribution < 1.29 is 18.4 Å². The molecule has 1 aliphatic heterocycles. The lowest BCUT2D eigenvalue weighted by Crippen LogP contribution is -2.31. The smallest absolute Gasteiger partial charge is 0.336 e. The average Bonchev–Trinajstić information content (AvgIpc) is 3.52. The fourth-order valence-corrected chi connectivity index (χ4v) is 4.19. The number of thiophene rings is 1. The highest BCUT2D eigenvalue weighted by molar-refractivity contribution is 7.10. The predicted molar refractivity (Wildman–Crippen MR) is 112 cm³/mol. The molecule has 0 unspecified atom stereocenters. The maximum absolute atomic E-state index is 13.0. The third-order valence-corrected chi connectivity index (χ3v) is 5.77. The number of amides is 1. The molecular formula is C22H16N2O5S. The molecule has 0 spiro atoms. The number of fused-ring (bicyclic) bond motifs is 1. The molecule has 0 radical (unpaired) electrons.